The van der Waals surface area contributed by atoms with Gasteiger partial charge in [-0.05, 0) is 44.4 Å². The second-order valence-electron chi connectivity index (χ2n) is 7.56. The van der Waals surface area contributed by atoms with Crippen molar-refractivity contribution in [3.05, 3.63) is 0 Å². The monoisotopic (exact) mass is 308 g/mol. The van der Waals surface area contributed by atoms with Crippen LogP contribution in [0.15, 0.2) is 0 Å². The summed E-state index contributed by atoms with van der Waals surface area (Å²) in [6.45, 7) is 7.80. The van der Waals surface area contributed by atoms with Crippen LogP contribution in [0, 0.1) is 17.3 Å². The third-order valence-electron chi connectivity index (χ3n) is 5.51. The molecule has 0 spiro atoms. The Morgan fingerprint density at radius 2 is 1.86 bits per heavy atom. The van der Waals surface area contributed by atoms with Gasteiger partial charge in [-0.15, -0.1) is 0 Å². The number of carbonyl (C=O) groups excluding carboxylic acids is 3. The molecular weight excluding hydrogens is 280 g/mol. The molecule has 124 valence electrons. The van der Waals surface area contributed by atoms with E-state index in [1.807, 2.05) is 20.8 Å². The highest BCUT2D eigenvalue weighted by Gasteiger charge is 2.50. The largest absolute Gasteiger partial charge is 0.352 e. The maximum Gasteiger partial charge on any atom is 0.240 e. The molecule has 1 atom stereocenters. The average molecular weight is 308 g/mol. The Balaban J connectivity index is 1.91. The summed E-state index contributed by atoms with van der Waals surface area (Å²) < 4.78 is 0. The summed E-state index contributed by atoms with van der Waals surface area (Å²) in [5.41, 5.74) is -0.669. The Labute approximate surface area is 132 Å². The highest BCUT2D eigenvalue weighted by molar-refractivity contribution is 6.07. The van der Waals surface area contributed by atoms with E-state index in [4.69, 9.17) is 0 Å². The number of rotatable bonds is 4. The normalized spacial score (nSPS) is 32.7. The van der Waals surface area contributed by atoms with Gasteiger partial charge in [-0.25, -0.2) is 0 Å². The molecule has 1 saturated heterocycles. The molecular formula is C17H28N2O3. The van der Waals surface area contributed by atoms with Crippen molar-refractivity contribution in [3.63, 3.8) is 0 Å². The first-order valence-corrected chi connectivity index (χ1v) is 8.38. The van der Waals surface area contributed by atoms with Crippen molar-refractivity contribution in [2.75, 3.05) is 6.54 Å². The molecule has 1 saturated carbocycles. The van der Waals surface area contributed by atoms with Gasteiger partial charge >= 0.3 is 0 Å². The summed E-state index contributed by atoms with van der Waals surface area (Å²) in [5, 5.41) is 2.98. The first kappa shape index (κ1) is 17.0. The van der Waals surface area contributed by atoms with E-state index in [9.17, 15) is 14.4 Å². The SMILES string of the molecule is CC1CCC(NC(=O)CN2C(=O)CC(C)(C(C)C)C2=O)CC1. The first-order chi connectivity index (χ1) is 10.2. The lowest BCUT2D eigenvalue weighted by molar-refractivity contribution is -0.145. The van der Waals surface area contributed by atoms with E-state index in [1.54, 1.807) is 0 Å². The van der Waals surface area contributed by atoms with Crippen molar-refractivity contribution >= 4 is 17.7 Å². The summed E-state index contributed by atoms with van der Waals surface area (Å²) in [7, 11) is 0. The summed E-state index contributed by atoms with van der Waals surface area (Å²) in [4.78, 5) is 37.9. The maximum atomic E-state index is 12.5. The fourth-order valence-corrected chi connectivity index (χ4v) is 3.34. The predicted molar refractivity (Wildman–Crippen MR) is 83.8 cm³/mol. The van der Waals surface area contributed by atoms with E-state index in [0.29, 0.717) is 0 Å². The quantitative estimate of drug-likeness (QED) is 0.809. The van der Waals surface area contributed by atoms with Gasteiger partial charge in [0.1, 0.15) is 6.54 Å². The molecule has 1 aliphatic heterocycles. The zero-order valence-corrected chi connectivity index (χ0v) is 14.1. The third kappa shape index (κ3) is 3.33. The van der Waals surface area contributed by atoms with Gasteiger partial charge in [0.2, 0.25) is 17.7 Å². The van der Waals surface area contributed by atoms with Crippen LogP contribution in [-0.2, 0) is 14.4 Å². The minimum atomic E-state index is -0.669. The van der Waals surface area contributed by atoms with E-state index in [2.05, 4.69) is 12.2 Å². The van der Waals surface area contributed by atoms with Gasteiger partial charge in [0, 0.05) is 12.5 Å². The van der Waals surface area contributed by atoms with Crippen molar-refractivity contribution in [2.45, 2.75) is 65.8 Å². The van der Waals surface area contributed by atoms with Gasteiger partial charge in [0.15, 0.2) is 0 Å². The second kappa shape index (κ2) is 6.39. The van der Waals surface area contributed by atoms with Crippen LogP contribution in [-0.4, -0.2) is 35.2 Å². The van der Waals surface area contributed by atoms with Crippen LogP contribution >= 0.6 is 0 Å². The molecule has 2 rings (SSSR count). The molecule has 0 bridgehead atoms. The lowest BCUT2D eigenvalue weighted by atomic mass is 9.78. The molecule has 3 amide bonds. The molecule has 1 N–H and O–H groups in total. The molecule has 0 aromatic carbocycles. The van der Waals surface area contributed by atoms with Crippen molar-refractivity contribution in [2.24, 2.45) is 17.3 Å². The first-order valence-electron chi connectivity index (χ1n) is 8.38. The van der Waals surface area contributed by atoms with Crippen LogP contribution in [0.2, 0.25) is 0 Å². The van der Waals surface area contributed by atoms with Crippen molar-refractivity contribution < 1.29 is 14.4 Å². The van der Waals surface area contributed by atoms with E-state index < -0.39 is 5.41 Å². The predicted octanol–water partition coefficient (Wildman–Crippen LogP) is 2.10. The van der Waals surface area contributed by atoms with Crippen LogP contribution in [0.4, 0.5) is 0 Å². The standard InChI is InChI=1S/C17H28N2O3/c1-11(2)17(4)9-15(21)19(16(17)22)10-14(20)18-13-7-5-12(3)6-8-13/h11-13H,5-10H2,1-4H3,(H,18,20). The summed E-state index contributed by atoms with van der Waals surface area (Å²) in [6.07, 6.45) is 4.42. The molecule has 0 aromatic heterocycles. The van der Waals surface area contributed by atoms with Crippen LogP contribution < -0.4 is 5.32 Å². The second-order valence-corrected chi connectivity index (χ2v) is 7.56. The molecule has 1 unspecified atom stereocenters. The zero-order valence-electron chi connectivity index (χ0n) is 14.1. The lowest BCUT2D eigenvalue weighted by Gasteiger charge is -2.28. The van der Waals surface area contributed by atoms with E-state index >= 15 is 0 Å². The minimum absolute atomic E-state index is 0.0804. The minimum Gasteiger partial charge on any atom is -0.352 e. The fraction of sp³-hybridized carbons (Fsp3) is 0.824. The van der Waals surface area contributed by atoms with Gasteiger partial charge in [-0.3, -0.25) is 19.3 Å². The van der Waals surface area contributed by atoms with Gasteiger partial charge < -0.3 is 5.32 Å². The van der Waals surface area contributed by atoms with Crippen molar-refractivity contribution in [1.29, 1.82) is 0 Å². The smallest absolute Gasteiger partial charge is 0.240 e. The van der Waals surface area contributed by atoms with E-state index in [1.165, 1.54) is 0 Å². The summed E-state index contributed by atoms with van der Waals surface area (Å²) >= 11 is 0. The van der Waals surface area contributed by atoms with Crippen LogP contribution in [0.25, 0.3) is 0 Å². The number of nitrogens with one attached hydrogen (secondary N) is 1. The Morgan fingerprint density at radius 1 is 1.27 bits per heavy atom. The lowest BCUT2D eigenvalue weighted by Crippen LogP contribution is -2.46. The maximum absolute atomic E-state index is 12.5. The highest BCUT2D eigenvalue weighted by atomic mass is 16.2. The van der Waals surface area contributed by atoms with Crippen LogP contribution in [0.1, 0.15) is 59.8 Å². The summed E-state index contributed by atoms with van der Waals surface area (Å²) in [6, 6.07) is 0.188. The average Bonchev–Trinajstić information content (AvgIpc) is 2.66. The molecule has 1 heterocycles. The summed E-state index contributed by atoms with van der Waals surface area (Å²) in [5.74, 6) is 0.154. The van der Waals surface area contributed by atoms with E-state index in [-0.39, 0.29) is 42.6 Å². The van der Waals surface area contributed by atoms with Gasteiger partial charge in [0.25, 0.3) is 0 Å². The number of hydrogen-bond acceptors (Lipinski definition) is 3. The molecule has 2 fully saturated rings. The highest BCUT2D eigenvalue weighted by Crippen LogP contribution is 2.39. The number of likely N-dealkylation sites (tertiary alicyclic amines) is 1. The topological polar surface area (TPSA) is 66.5 Å². The third-order valence-corrected chi connectivity index (χ3v) is 5.51. The Bertz CT molecular complexity index is 467. The molecule has 5 nitrogen and oxygen atoms in total. The van der Waals surface area contributed by atoms with E-state index in [0.717, 1.165) is 36.5 Å². The van der Waals surface area contributed by atoms with Gasteiger partial charge in [0.05, 0.1) is 5.41 Å². The van der Waals surface area contributed by atoms with Gasteiger partial charge in [-0.2, -0.15) is 0 Å². The molecule has 2 aliphatic rings. The number of nitrogens with zero attached hydrogens (tertiary/aromatic N) is 1. The zero-order chi connectivity index (χ0) is 16.5. The molecule has 0 radical (unpaired) electrons. The molecule has 0 aromatic rings. The molecule has 5 heteroatoms. The Hall–Kier alpha value is -1.39. The number of carbonyl (C=O) groups is 3. The fourth-order valence-electron chi connectivity index (χ4n) is 3.34. The molecule has 1 aliphatic carbocycles. The number of hydrogen-bond donors (Lipinski definition) is 1. The van der Waals surface area contributed by atoms with Crippen molar-refractivity contribution in [3.8, 4) is 0 Å². The number of imide groups is 1. The Kier molecular flexibility index (Phi) is 4.93. The molecule has 22 heavy (non-hydrogen) atoms. The Morgan fingerprint density at radius 3 is 2.36 bits per heavy atom. The van der Waals surface area contributed by atoms with Gasteiger partial charge in [-0.1, -0.05) is 20.8 Å². The van der Waals surface area contributed by atoms with Crippen molar-refractivity contribution in [1.82, 2.24) is 10.2 Å². The number of amides is 3. The van der Waals surface area contributed by atoms with Crippen LogP contribution in [0.5, 0.6) is 0 Å². The van der Waals surface area contributed by atoms with Crippen LogP contribution in [0.3, 0.4) is 0 Å².